The fourth-order valence-electron chi connectivity index (χ4n) is 3.53. The number of carboxylic acids is 1. The van der Waals surface area contributed by atoms with Crippen molar-refractivity contribution in [2.24, 2.45) is 0 Å². The summed E-state index contributed by atoms with van der Waals surface area (Å²) in [5, 5.41) is 7.89. The molecule has 0 heterocycles. The van der Waals surface area contributed by atoms with Crippen molar-refractivity contribution in [1.82, 2.24) is 0 Å². The molecule has 0 bridgehead atoms. The van der Waals surface area contributed by atoms with E-state index in [1.54, 1.807) is 6.92 Å². The Morgan fingerprint density at radius 3 is 1.37 bits per heavy atom. The third kappa shape index (κ3) is 29.6. The number of hydrogen-bond donors (Lipinski definition) is 1. The zero-order valence-electron chi connectivity index (χ0n) is 24.8. The van der Waals surface area contributed by atoms with Crippen molar-refractivity contribution in [3.63, 3.8) is 0 Å². The van der Waals surface area contributed by atoms with Gasteiger partial charge in [0.1, 0.15) is 0 Å². The molecule has 0 aromatic heterocycles. The number of aliphatic carboxylic acids is 1. The second-order valence-corrected chi connectivity index (χ2v) is 9.92. The van der Waals surface area contributed by atoms with Crippen molar-refractivity contribution in [2.75, 3.05) is 6.61 Å². The van der Waals surface area contributed by atoms with E-state index in [1.165, 1.54) is 109 Å². The topological polar surface area (TPSA) is 63.6 Å². The largest absolute Gasteiger partial charge is 0.478 e. The van der Waals surface area contributed by atoms with E-state index in [0.29, 0.717) is 12.2 Å². The number of carbonyl (C=O) groups is 2. The summed E-state index contributed by atoms with van der Waals surface area (Å²) >= 11 is 0. The molecule has 38 heavy (non-hydrogen) atoms. The molecule has 0 fully saturated rings. The Morgan fingerprint density at radius 1 is 0.711 bits per heavy atom. The number of benzene rings is 1. The molecule has 0 saturated carbocycles. The number of hydrogen-bond acceptors (Lipinski definition) is 3. The first-order valence-electron chi connectivity index (χ1n) is 14.6. The minimum absolute atomic E-state index is 0.176. The lowest BCUT2D eigenvalue weighted by Gasteiger charge is -2.05. The van der Waals surface area contributed by atoms with Crippen molar-refractivity contribution in [3.8, 4) is 0 Å². The Bertz CT molecular complexity index is 724. The SMILES string of the molecule is C=C(C)C(=O)O.C=C(C)C(=O)OCCCCCCCCCCCCCCCCCC.C=Cc1ccccc1. The summed E-state index contributed by atoms with van der Waals surface area (Å²) < 4.78 is 5.08. The molecule has 216 valence electrons. The van der Waals surface area contributed by atoms with E-state index in [-0.39, 0.29) is 11.5 Å². The summed E-state index contributed by atoms with van der Waals surface area (Å²) in [7, 11) is 0. The Kier molecular flexibility index (Phi) is 28.6. The lowest BCUT2D eigenvalue weighted by molar-refractivity contribution is -0.139. The lowest BCUT2D eigenvalue weighted by atomic mass is 10.0. The van der Waals surface area contributed by atoms with E-state index < -0.39 is 5.97 Å². The van der Waals surface area contributed by atoms with Crippen LogP contribution in [-0.2, 0) is 14.3 Å². The molecule has 0 aliphatic carbocycles. The average Bonchev–Trinajstić information content (AvgIpc) is 2.91. The van der Waals surface area contributed by atoms with Gasteiger partial charge < -0.3 is 9.84 Å². The molecule has 0 radical (unpaired) electrons. The smallest absolute Gasteiger partial charge is 0.333 e. The molecule has 4 nitrogen and oxygen atoms in total. The molecule has 1 aromatic rings. The molecule has 0 atom stereocenters. The van der Waals surface area contributed by atoms with E-state index in [4.69, 9.17) is 9.84 Å². The van der Waals surface area contributed by atoms with Crippen LogP contribution in [-0.4, -0.2) is 23.7 Å². The Balaban J connectivity index is 0. The highest BCUT2D eigenvalue weighted by atomic mass is 16.5. The fourth-order valence-corrected chi connectivity index (χ4v) is 3.53. The van der Waals surface area contributed by atoms with Gasteiger partial charge in [-0.25, -0.2) is 9.59 Å². The van der Waals surface area contributed by atoms with Gasteiger partial charge in [0.15, 0.2) is 0 Å². The highest BCUT2D eigenvalue weighted by Crippen LogP contribution is 2.13. The number of ether oxygens (including phenoxy) is 1. The number of rotatable bonds is 20. The van der Waals surface area contributed by atoms with E-state index in [2.05, 4.69) is 26.7 Å². The molecule has 1 aromatic carbocycles. The second kappa shape index (κ2) is 28.9. The summed E-state index contributed by atoms with van der Waals surface area (Å²) in [5.74, 6) is -1.19. The lowest BCUT2D eigenvalue weighted by Crippen LogP contribution is -2.05. The van der Waals surface area contributed by atoms with Crippen LogP contribution in [0.5, 0.6) is 0 Å². The van der Waals surface area contributed by atoms with E-state index in [0.717, 1.165) is 6.42 Å². The zero-order chi connectivity index (χ0) is 28.9. The fraction of sp³-hybridized carbons (Fsp3) is 0.588. The maximum absolute atomic E-state index is 11.2. The molecule has 0 aliphatic rings. The third-order valence-corrected chi connectivity index (χ3v) is 5.98. The van der Waals surface area contributed by atoms with Gasteiger partial charge in [0, 0.05) is 11.1 Å². The molecule has 1 rings (SSSR count). The highest BCUT2D eigenvalue weighted by molar-refractivity contribution is 5.86. The van der Waals surface area contributed by atoms with Crippen LogP contribution in [0.25, 0.3) is 6.08 Å². The van der Waals surface area contributed by atoms with Gasteiger partial charge in [-0.05, 0) is 25.8 Å². The van der Waals surface area contributed by atoms with Gasteiger partial charge in [-0.3, -0.25) is 0 Å². The predicted molar refractivity (Wildman–Crippen MR) is 164 cm³/mol. The number of esters is 1. The van der Waals surface area contributed by atoms with E-state index in [1.807, 2.05) is 36.4 Å². The minimum atomic E-state index is -0.935. The second-order valence-electron chi connectivity index (χ2n) is 9.92. The quantitative estimate of drug-likeness (QED) is 0.104. The van der Waals surface area contributed by atoms with Crippen molar-refractivity contribution >= 4 is 18.0 Å². The first-order valence-corrected chi connectivity index (χ1v) is 14.6. The maximum atomic E-state index is 11.2. The number of carbonyl (C=O) groups excluding carboxylic acids is 1. The molecule has 0 unspecified atom stereocenters. The van der Waals surface area contributed by atoms with Crippen LogP contribution in [0.3, 0.4) is 0 Å². The normalized spacial score (nSPS) is 9.76. The van der Waals surface area contributed by atoms with Gasteiger partial charge in [0.2, 0.25) is 0 Å². The maximum Gasteiger partial charge on any atom is 0.333 e. The van der Waals surface area contributed by atoms with Crippen molar-refractivity contribution in [2.45, 2.75) is 124 Å². The molecular formula is C34H56O4. The molecule has 0 spiro atoms. The summed E-state index contributed by atoms with van der Waals surface area (Å²) in [6.07, 6.45) is 23.6. The zero-order valence-corrected chi connectivity index (χ0v) is 24.8. The van der Waals surface area contributed by atoms with Crippen LogP contribution in [0.4, 0.5) is 0 Å². The standard InChI is InChI=1S/C22H42O2.C8H8.C4H6O2/c1-4-5-6-7-8-9-10-11-12-13-14-15-16-17-18-19-20-24-22(23)21(2)3;1-2-8-6-4-3-5-7-8;1-3(2)4(5)6/h2,4-20H2,1,3H3;2-7H,1H2;1H2,2H3,(H,5,6). The van der Waals surface area contributed by atoms with E-state index >= 15 is 0 Å². The van der Waals surface area contributed by atoms with Gasteiger partial charge >= 0.3 is 11.9 Å². The molecule has 0 amide bonds. The van der Waals surface area contributed by atoms with Crippen LogP contribution in [0, 0.1) is 0 Å². The van der Waals surface area contributed by atoms with Crippen LogP contribution in [0.15, 0.2) is 61.2 Å². The van der Waals surface area contributed by atoms with Gasteiger partial charge in [-0.1, -0.05) is 159 Å². The van der Waals surface area contributed by atoms with Crippen LogP contribution >= 0.6 is 0 Å². The van der Waals surface area contributed by atoms with Crippen molar-refractivity contribution in [3.05, 3.63) is 66.8 Å². The van der Waals surface area contributed by atoms with Crippen LogP contribution < -0.4 is 0 Å². The summed E-state index contributed by atoms with van der Waals surface area (Å²) in [4.78, 5) is 20.8. The first-order chi connectivity index (χ1) is 18.3. The highest BCUT2D eigenvalue weighted by Gasteiger charge is 2.01. The number of carboxylic acid groups (broad SMARTS) is 1. The van der Waals surface area contributed by atoms with Crippen LogP contribution in [0.2, 0.25) is 0 Å². The summed E-state index contributed by atoms with van der Waals surface area (Å²) in [6.45, 7) is 16.3. The van der Waals surface area contributed by atoms with Crippen LogP contribution in [0.1, 0.15) is 129 Å². The average molecular weight is 529 g/mol. The Labute approximate surface area is 234 Å². The monoisotopic (exact) mass is 528 g/mol. The summed E-state index contributed by atoms with van der Waals surface area (Å²) in [6, 6.07) is 10.0. The van der Waals surface area contributed by atoms with Gasteiger partial charge in [-0.2, -0.15) is 0 Å². The Morgan fingerprint density at radius 2 is 1.08 bits per heavy atom. The number of unbranched alkanes of at least 4 members (excludes halogenated alkanes) is 15. The van der Waals surface area contributed by atoms with E-state index in [9.17, 15) is 9.59 Å². The summed E-state index contributed by atoms with van der Waals surface area (Å²) in [5.41, 5.74) is 1.84. The molecule has 1 N–H and O–H groups in total. The molecule has 0 saturated heterocycles. The van der Waals surface area contributed by atoms with Gasteiger partial charge in [0.25, 0.3) is 0 Å². The van der Waals surface area contributed by atoms with Crippen molar-refractivity contribution < 1.29 is 19.4 Å². The van der Waals surface area contributed by atoms with Crippen molar-refractivity contribution in [1.29, 1.82) is 0 Å². The Hall–Kier alpha value is -2.62. The third-order valence-electron chi connectivity index (χ3n) is 5.98. The first kappa shape index (κ1) is 37.5. The molecule has 0 aliphatic heterocycles. The minimum Gasteiger partial charge on any atom is -0.478 e. The van der Waals surface area contributed by atoms with Gasteiger partial charge in [-0.15, -0.1) is 0 Å². The predicted octanol–water partition coefficient (Wildman–Crippen LogP) is 10.3. The molecular weight excluding hydrogens is 472 g/mol. The van der Waals surface area contributed by atoms with Gasteiger partial charge in [0.05, 0.1) is 6.61 Å². The molecule has 4 heteroatoms.